The maximum atomic E-state index is 12.4. The molecule has 0 unspecified atom stereocenters. The standard InChI is InChI=1S/C17H27N5O3/c23-15-7-6-14(20-21-15)16(24)22-10-8-13(9-11-22)19-17(25)18-12-4-2-1-3-5-12/h12-13H,1-11H2,(H,21,23)(H2,18,19,25). The number of likely N-dealkylation sites (tertiary alicyclic amines) is 1. The largest absolute Gasteiger partial charge is 0.337 e. The normalized spacial score (nSPS) is 22.8. The van der Waals surface area contributed by atoms with E-state index in [1.54, 1.807) is 4.90 Å². The zero-order valence-corrected chi connectivity index (χ0v) is 14.6. The number of piperidine rings is 1. The summed E-state index contributed by atoms with van der Waals surface area (Å²) < 4.78 is 0. The summed E-state index contributed by atoms with van der Waals surface area (Å²) in [5, 5.41) is 9.97. The van der Waals surface area contributed by atoms with Crippen LogP contribution in [0.1, 0.15) is 57.8 Å². The Hall–Kier alpha value is -2.12. The summed E-state index contributed by atoms with van der Waals surface area (Å²) in [6.07, 6.45) is 7.97. The fraction of sp³-hybridized carbons (Fsp3) is 0.765. The predicted octanol–water partition coefficient (Wildman–Crippen LogP) is 0.875. The van der Waals surface area contributed by atoms with Crippen molar-refractivity contribution < 1.29 is 14.4 Å². The minimum absolute atomic E-state index is 0.0870. The summed E-state index contributed by atoms with van der Waals surface area (Å²) in [6.45, 7) is 1.19. The molecule has 3 N–H and O–H groups in total. The van der Waals surface area contributed by atoms with E-state index in [2.05, 4.69) is 21.2 Å². The molecule has 2 fully saturated rings. The van der Waals surface area contributed by atoms with Crippen molar-refractivity contribution in [2.45, 2.75) is 69.9 Å². The molecule has 3 aliphatic rings. The molecule has 0 aromatic carbocycles. The first-order chi connectivity index (χ1) is 12.1. The van der Waals surface area contributed by atoms with Gasteiger partial charge in [-0.05, 0) is 25.7 Å². The molecule has 0 aromatic rings. The summed E-state index contributed by atoms with van der Waals surface area (Å²) in [4.78, 5) is 37.4. The van der Waals surface area contributed by atoms with Crippen molar-refractivity contribution in [3.8, 4) is 0 Å². The predicted molar refractivity (Wildman–Crippen MR) is 93.0 cm³/mol. The van der Waals surface area contributed by atoms with Crippen LogP contribution in [0.2, 0.25) is 0 Å². The maximum absolute atomic E-state index is 12.4. The monoisotopic (exact) mass is 349 g/mol. The molecule has 0 aromatic heterocycles. The van der Waals surface area contributed by atoms with E-state index in [1.165, 1.54) is 19.3 Å². The van der Waals surface area contributed by atoms with Crippen molar-refractivity contribution in [2.24, 2.45) is 5.10 Å². The lowest BCUT2D eigenvalue weighted by molar-refractivity contribution is -0.125. The van der Waals surface area contributed by atoms with Gasteiger partial charge in [-0.1, -0.05) is 19.3 Å². The molecule has 8 heteroatoms. The Balaban J connectivity index is 1.40. The van der Waals surface area contributed by atoms with Gasteiger partial charge in [0.2, 0.25) is 5.91 Å². The number of hydrazone groups is 1. The molecular weight excluding hydrogens is 322 g/mol. The van der Waals surface area contributed by atoms with Crippen molar-refractivity contribution in [3.05, 3.63) is 0 Å². The van der Waals surface area contributed by atoms with E-state index in [0.29, 0.717) is 37.7 Å². The number of hydrogen-bond donors (Lipinski definition) is 3. The van der Waals surface area contributed by atoms with Crippen molar-refractivity contribution >= 4 is 23.6 Å². The van der Waals surface area contributed by atoms with Crippen LogP contribution in [0, 0.1) is 0 Å². The van der Waals surface area contributed by atoms with E-state index < -0.39 is 0 Å². The first-order valence-electron chi connectivity index (χ1n) is 9.33. The molecule has 1 aliphatic carbocycles. The van der Waals surface area contributed by atoms with E-state index >= 15 is 0 Å². The second-order valence-corrected chi connectivity index (χ2v) is 7.11. The van der Waals surface area contributed by atoms with Gasteiger partial charge in [0.15, 0.2) is 0 Å². The molecule has 0 radical (unpaired) electrons. The smallest absolute Gasteiger partial charge is 0.315 e. The average molecular weight is 349 g/mol. The third-order valence-corrected chi connectivity index (χ3v) is 5.21. The lowest BCUT2D eigenvalue weighted by Crippen LogP contribution is -2.52. The van der Waals surface area contributed by atoms with Crippen molar-refractivity contribution in [3.63, 3.8) is 0 Å². The molecule has 1 saturated carbocycles. The van der Waals surface area contributed by atoms with Crippen LogP contribution in [0.15, 0.2) is 5.10 Å². The number of carbonyl (C=O) groups is 3. The first-order valence-corrected chi connectivity index (χ1v) is 9.33. The lowest BCUT2D eigenvalue weighted by atomic mass is 9.96. The molecule has 0 atom stereocenters. The number of amides is 4. The SMILES string of the molecule is O=C1CCC(C(=O)N2CCC(NC(=O)NC3CCCCC3)CC2)=NN1. The molecule has 25 heavy (non-hydrogen) atoms. The highest BCUT2D eigenvalue weighted by atomic mass is 16.2. The van der Waals surface area contributed by atoms with Gasteiger partial charge in [-0.25, -0.2) is 10.2 Å². The number of urea groups is 1. The van der Waals surface area contributed by atoms with Crippen LogP contribution in [0.5, 0.6) is 0 Å². The van der Waals surface area contributed by atoms with Crippen LogP contribution in [0.3, 0.4) is 0 Å². The van der Waals surface area contributed by atoms with Crippen molar-refractivity contribution in [1.82, 2.24) is 21.0 Å². The van der Waals surface area contributed by atoms with Crippen LogP contribution < -0.4 is 16.1 Å². The number of hydrogen-bond acceptors (Lipinski definition) is 4. The highest BCUT2D eigenvalue weighted by Crippen LogP contribution is 2.17. The van der Waals surface area contributed by atoms with Gasteiger partial charge in [0.05, 0.1) is 0 Å². The average Bonchev–Trinajstić information content (AvgIpc) is 2.63. The third-order valence-electron chi connectivity index (χ3n) is 5.21. The summed E-state index contributed by atoms with van der Waals surface area (Å²) in [5.41, 5.74) is 2.78. The summed E-state index contributed by atoms with van der Waals surface area (Å²) in [6, 6.07) is 0.312. The van der Waals surface area contributed by atoms with Gasteiger partial charge >= 0.3 is 6.03 Å². The molecule has 2 aliphatic heterocycles. The summed E-state index contributed by atoms with van der Waals surface area (Å²) >= 11 is 0. The third kappa shape index (κ3) is 4.93. The van der Waals surface area contributed by atoms with Gasteiger partial charge in [0, 0.05) is 38.0 Å². The molecule has 0 bridgehead atoms. The van der Waals surface area contributed by atoms with E-state index in [-0.39, 0.29) is 23.9 Å². The Morgan fingerprint density at radius 2 is 1.60 bits per heavy atom. The van der Waals surface area contributed by atoms with Crippen LogP contribution in [-0.2, 0) is 9.59 Å². The molecule has 8 nitrogen and oxygen atoms in total. The van der Waals surface area contributed by atoms with Gasteiger partial charge in [0.25, 0.3) is 5.91 Å². The van der Waals surface area contributed by atoms with Gasteiger partial charge in [-0.2, -0.15) is 5.10 Å². The molecule has 1 saturated heterocycles. The topological polar surface area (TPSA) is 103 Å². The van der Waals surface area contributed by atoms with E-state index in [1.807, 2.05) is 0 Å². The highest BCUT2D eigenvalue weighted by molar-refractivity contribution is 6.39. The van der Waals surface area contributed by atoms with Crippen LogP contribution >= 0.6 is 0 Å². The number of nitrogens with one attached hydrogen (secondary N) is 3. The first kappa shape index (κ1) is 17.7. The molecule has 138 valence electrons. The van der Waals surface area contributed by atoms with Gasteiger partial charge in [0.1, 0.15) is 5.71 Å². The molecule has 0 spiro atoms. The van der Waals surface area contributed by atoms with Crippen LogP contribution in [0.4, 0.5) is 4.79 Å². The Labute approximate surface area is 147 Å². The maximum Gasteiger partial charge on any atom is 0.315 e. The summed E-state index contributed by atoms with van der Waals surface area (Å²) in [5.74, 6) is -0.256. The Morgan fingerprint density at radius 3 is 2.20 bits per heavy atom. The highest BCUT2D eigenvalue weighted by Gasteiger charge is 2.28. The second-order valence-electron chi connectivity index (χ2n) is 7.11. The van der Waals surface area contributed by atoms with Crippen LogP contribution in [-0.4, -0.2) is 53.6 Å². The van der Waals surface area contributed by atoms with E-state index in [4.69, 9.17) is 0 Å². The second kappa shape index (κ2) is 8.31. The Kier molecular flexibility index (Phi) is 5.88. The molecular formula is C17H27N5O3. The van der Waals surface area contributed by atoms with E-state index in [0.717, 1.165) is 25.7 Å². The lowest BCUT2D eigenvalue weighted by Gasteiger charge is -2.33. The van der Waals surface area contributed by atoms with Gasteiger partial charge in [-0.15, -0.1) is 0 Å². The van der Waals surface area contributed by atoms with Gasteiger partial charge < -0.3 is 15.5 Å². The molecule has 3 rings (SSSR count). The fourth-order valence-electron chi connectivity index (χ4n) is 3.70. The van der Waals surface area contributed by atoms with Gasteiger partial charge in [-0.3, -0.25) is 9.59 Å². The number of nitrogens with zero attached hydrogens (tertiary/aromatic N) is 2. The minimum Gasteiger partial charge on any atom is -0.337 e. The minimum atomic E-state index is -0.150. The number of carbonyl (C=O) groups excluding carboxylic acids is 3. The Morgan fingerprint density at radius 1 is 0.960 bits per heavy atom. The number of rotatable bonds is 3. The van der Waals surface area contributed by atoms with Crippen LogP contribution in [0.25, 0.3) is 0 Å². The zero-order chi connectivity index (χ0) is 17.6. The molecule has 2 heterocycles. The quantitative estimate of drug-likeness (QED) is 0.704. The summed E-state index contributed by atoms with van der Waals surface area (Å²) in [7, 11) is 0. The van der Waals surface area contributed by atoms with Crippen molar-refractivity contribution in [1.29, 1.82) is 0 Å². The Bertz CT molecular complexity index is 548. The van der Waals surface area contributed by atoms with E-state index in [9.17, 15) is 14.4 Å². The zero-order valence-electron chi connectivity index (χ0n) is 14.6. The fourth-order valence-corrected chi connectivity index (χ4v) is 3.70. The van der Waals surface area contributed by atoms with Crippen molar-refractivity contribution in [2.75, 3.05) is 13.1 Å². The molecule has 4 amide bonds.